The summed E-state index contributed by atoms with van der Waals surface area (Å²) in [6.07, 6.45) is 4.84. The molecule has 1 aromatic carbocycles. The number of nitro benzene ring substituents is 1. The summed E-state index contributed by atoms with van der Waals surface area (Å²) in [7, 11) is -3.98. The second-order valence-corrected chi connectivity index (χ2v) is 8.68. The number of sulfonamides is 1. The lowest BCUT2D eigenvalue weighted by Gasteiger charge is -2.34. The Morgan fingerprint density at radius 1 is 1.23 bits per heavy atom. The van der Waals surface area contributed by atoms with Gasteiger partial charge in [-0.05, 0) is 44.0 Å². The third-order valence-corrected chi connectivity index (χ3v) is 5.79. The predicted molar refractivity (Wildman–Crippen MR) is 102 cm³/mol. The van der Waals surface area contributed by atoms with Crippen LogP contribution in [0.5, 0.6) is 0 Å². The predicted octanol–water partition coefficient (Wildman–Crippen LogP) is 2.55. The van der Waals surface area contributed by atoms with Gasteiger partial charge in [-0.3, -0.25) is 15.0 Å². The fraction of sp³-hybridized carbons (Fsp3) is 0.647. The maximum absolute atomic E-state index is 11.4. The van der Waals surface area contributed by atoms with Crippen LogP contribution in [0.3, 0.4) is 0 Å². The van der Waals surface area contributed by atoms with E-state index >= 15 is 0 Å². The SMILES string of the molecule is CC(C)[C@@H](CNc1ccc(S(N)(=O)=O)cc1[N+](=O)[O-])N1CCCCCC1. The summed E-state index contributed by atoms with van der Waals surface area (Å²) in [5.74, 6) is 0.392. The highest BCUT2D eigenvalue weighted by Crippen LogP contribution is 2.28. The van der Waals surface area contributed by atoms with Gasteiger partial charge in [0.15, 0.2) is 0 Å². The monoisotopic (exact) mass is 384 g/mol. The molecule has 8 nitrogen and oxygen atoms in total. The van der Waals surface area contributed by atoms with Crippen LogP contribution < -0.4 is 10.5 Å². The highest BCUT2D eigenvalue weighted by Gasteiger charge is 2.24. The topological polar surface area (TPSA) is 119 Å². The summed E-state index contributed by atoms with van der Waals surface area (Å²) in [6.45, 7) is 6.94. The lowest BCUT2D eigenvalue weighted by Crippen LogP contribution is -2.44. The van der Waals surface area contributed by atoms with Crippen molar-refractivity contribution in [2.24, 2.45) is 11.1 Å². The first-order chi connectivity index (χ1) is 12.2. The van der Waals surface area contributed by atoms with E-state index in [9.17, 15) is 18.5 Å². The summed E-state index contributed by atoms with van der Waals surface area (Å²) in [5.41, 5.74) is 0.0257. The molecule has 0 aliphatic carbocycles. The van der Waals surface area contributed by atoms with Crippen LogP contribution in [0.25, 0.3) is 0 Å². The second kappa shape index (κ2) is 8.79. The van der Waals surface area contributed by atoms with Crippen molar-refractivity contribution in [2.45, 2.75) is 50.5 Å². The molecule has 1 atom stereocenters. The van der Waals surface area contributed by atoms with Crippen molar-refractivity contribution in [2.75, 3.05) is 25.0 Å². The molecule has 0 radical (unpaired) electrons. The van der Waals surface area contributed by atoms with Gasteiger partial charge in [-0.15, -0.1) is 0 Å². The summed E-state index contributed by atoms with van der Waals surface area (Å²) in [5, 5.41) is 19.6. The van der Waals surface area contributed by atoms with Crippen molar-refractivity contribution in [3.05, 3.63) is 28.3 Å². The molecule has 9 heteroatoms. The van der Waals surface area contributed by atoms with Crippen LogP contribution in [0.15, 0.2) is 23.1 Å². The zero-order valence-corrected chi connectivity index (χ0v) is 16.2. The van der Waals surface area contributed by atoms with E-state index in [4.69, 9.17) is 5.14 Å². The van der Waals surface area contributed by atoms with Crippen molar-refractivity contribution in [1.29, 1.82) is 0 Å². The van der Waals surface area contributed by atoms with E-state index in [1.54, 1.807) is 0 Å². The Balaban J connectivity index is 2.19. The molecule has 0 spiro atoms. The van der Waals surface area contributed by atoms with Gasteiger partial charge < -0.3 is 5.32 Å². The van der Waals surface area contributed by atoms with Crippen LogP contribution in [-0.4, -0.2) is 43.9 Å². The lowest BCUT2D eigenvalue weighted by molar-refractivity contribution is -0.384. The number of primary sulfonamides is 1. The Labute approximate surface area is 155 Å². The minimum Gasteiger partial charge on any atom is -0.378 e. The van der Waals surface area contributed by atoms with Crippen LogP contribution in [0, 0.1) is 16.0 Å². The van der Waals surface area contributed by atoms with Gasteiger partial charge in [0.25, 0.3) is 5.69 Å². The van der Waals surface area contributed by atoms with Gasteiger partial charge in [-0.25, -0.2) is 13.6 Å². The Hall–Kier alpha value is -1.71. The molecule has 0 saturated carbocycles. The molecule has 1 aliphatic heterocycles. The molecule has 0 bridgehead atoms. The molecule has 0 unspecified atom stereocenters. The number of nitrogens with one attached hydrogen (secondary N) is 1. The quantitative estimate of drug-likeness (QED) is 0.551. The van der Waals surface area contributed by atoms with Gasteiger partial charge in [-0.2, -0.15) is 0 Å². The Kier molecular flexibility index (Phi) is 6.96. The molecular weight excluding hydrogens is 356 g/mol. The maximum atomic E-state index is 11.4. The lowest BCUT2D eigenvalue weighted by atomic mass is 10.0. The fourth-order valence-electron chi connectivity index (χ4n) is 3.42. The van der Waals surface area contributed by atoms with Crippen molar-refractivity contribution in [3.8, 4) is 0 Å². The summed E-state index contributed by atoms with van der Waals surface area (Å²) < 4.78 is 22.9. The Morgan fingerprint density at radius 3 is 2.35 bits per heavy atom. The van der Waals surface area contributed by atoms with E-state index in [2.05, 4.69) is 24.1 Å². The standard InChI is InChI=1S/C17H28N4O4S/c1-13(2)17(20-9-5-3-4-6-10-20)12-19-15-8-7-14(26(18,24)25)11-16(15)21(22)23/h7-8,11,13,17,19H,3-6,9-10,12H2,1-2H3,(H2,18,24,25)/t17-/m1/s1. The van der Waals surface area contributed by atoms with Crippen LogP contribution in [0.1, 0.15) is 39.5 Å². The molecule has 0 aromatic heterocycles. The molecular formula is C17H28N4O4S. The first kappa shape index (κ1) is 20.6. The molecule has 2 rings (SSSR count). The molecule has 0 amide bonds. The zero-order chi connectivity index (χ0) is 19.3. The molecule has 1 aromatic rings. The number of rotatable bonds is 7. The van der Waals surface area contributed by atoms with Crippen LogP contribution in [0.2, 0.25) is 0 Å². The molecule has 1 fully saturated rings. The van der Waals surface area contributed by atoms with E-state index < -0.39 is 14.9 Å². The van der Waals surface area contributed by atoms with Crippen molar-refractivity contribution < 1.29 is 13.3 Å². The number of anilines is 1. The minimum atomic E-state index is -3.98. The van der Waals surface area contributed by atoms with Crippen LogP contribution >= 0.6 is 0 Å². The molecule has 26 heavy (non-hydrogen) atoms. The fourth-order valence-corrected chi connectivity index (χ4v) is 3.95. The van der Waals surface area contributed by atoms with Gasteiger partial charge in [0.2, 0.25) is 10.0 Å². The molecule has 1 aliphatic rings. The van der Waals surface area contributed by atoms with Crippen molar-refractivity contribution in [1.82, 2.24) is 4.90 Å². The number of hydrogen-bond donors (Lipinski definition) is 2. The molecule has 3 N–H and O–H groups in total. The Bertz CT molecular complexity index is 728. The van der Waals surface area contributed by atoms with Crippen molar-refractivity contribution in [3.63, 3.8) is 0 Å². The smallest absolute Gasteiger partial charge is 0.293 e. The van der Waals surface area contributed by atoms with Gasteiger partial charge >= 0.3 is 0 Å². The highest BCUT2D eigenvalue weighted by atomic mass is 32.2. The molecule has 1 saturated heterocycles. The number of nitro groups is 1. The Morgan fingerprint density at radius 2 is 1.85 bits per heavy atom. The first-order valence-electron chi connectivity index (χ1n) is 8.99. The minimum absolute atomic E-state index is 0.255. The normalized spacial score (nSPS) is 17.7. The van der Waals surface area contributed by atoms with Gasteiger partial charge in [0, 0.05) is 18.7 Å². The van der Waals surface area contributed by atoms with E-state index in [0.717, 1.165) is 19.2 Å². The summed E-state index contributed by atoms with van der Waals surface area (Å²) >= 11 is 0. The largest absolute Gasteiger partial charge is 0.378 e. The van der Waals surface area contributed by atoms with E-state index in [1.807, 2.05) is 0 Å². The van der Waals surface area contributed by atoms with Crippen LogP contribution in [0.4, 0.5) is 11.4 Å². The highest BCUT2D eigenvalue weighted by molar-refractivity contribution is 7.89. The van der Waals surface area contributed by atoms with Crippen LogP contribution in [-0.2, 0) is 10.0 Å². The van der Waals surface area contributed by atoms with Gasteiger partial charge in [0.1, 0.15) is 5.69 Å². The number of benzene rings is 1. The molecule has 146 valence electrons. The second-order valence-electron chi connectivity index (χ2n) is 7.12. The first-order valence-corrected chi connectivity index (χ1v) is 10.5. The third kappa shape index (κ3) is 5.39. The van der Waals surface area contributed by atoms with E-state index in [-0.39, 0.29) is 16.6 Å². The summed E-state index contributed by atoms with van der Waals surface area (Å²) in [4.78, 5) is 12.9. The van der Waals surface area contributed by atoms with Gasteiger partial charge in [-0.1, -0.05) is 26.7 Å². The molecule has 1 heterocycles. The van der Waals surface area contributed by atoms with E-state index in [0.29, 0.717) is 18.2 Å². The van der Waals surface area contributed by atoms with Crippen molar-refractivity contribution >= 4 is 21.4 Å². The van der Waals surface area contributed by atoms with Gasteiger partial charge in [0.05, 0.1) is 9.82 Å². The third-order valence-electron chi connectivity index (χ3n) is 4.88. The summed E-state index contributed by atoms with van der Waals surface area (Å²) in [6, 6.07) is 3.97. The average Bonchev–Trinajstić information content (AvgIpc) is 2.83. The number of likely N-dealkylation sites (tertiary alicyclic amines) is 1. The zero-order valence-electron chi connectivity index (χ0n) is 15.3. The number of nitrogens with zero attached hydrogens (tertiary/aromatic N) is 2. The number of nitrogens with two attached hydrogens (primary N) is 1. The average molecular weight is 385 g/mol. The van der Waals surface area contributed by atoms with E-state index in [1.165, 1.54) is 37.8 Å². The number of hydrogen-bond acceptors (Lipinski definition) is 6. The maximum Gasteiger partial charge on any atom is 0.293 e.